The molecule has 1 fully saturated rings. The molecule has 0 aliphatic carbocycles. The number of rotatable bonds is 8. The second-order valence-corrected chi connectivity index (χ2v) is 9.34. The van der Waals surface area contributed by atoms with Crippen LogP contribution in [0, 0.1) is 0 Å². The van der Waals surface area contributed by atoms with Gasteiger partial charge in [-0.05, 0) is 63.7 Å². The van der Waals surface area contributed by atoms with Crippen LogP contribution in [-0.4, -0.2) is 62.4 Å². The average molecular weight is 487 g/mol. The van der Waals surface area contributed by atoms with Crippen LogP contribution < -0.4 is 4.90 Å². The van der Waals surface area contributed by atoms with E-state index in [0.29, 0.717) is 6.42 Å². The van der Waals surface area contributed by atoms with Crippen LogP contribution in [0.2, 0.25) is 0 Å². The summed E-state index contributed by atoms with van der Waals surface area (Å²) in [4.78, 5) is 28.6. The van der Waals surface area contributed by atoms with E-state index in [1.807, 2.05) is 74.8 Å². The summed E-state index contributed by atoms with van der Waals surface area (Å²) < 4.78 is 5.42. The number of morpholine rings is 1. The number of Topliss-reactive ketones (excluding diaryl/α,β-unsaturated/α-hetero) is 2. The minimum absolute atomic E-state index is 0.121. The molecule has 0 spiro atoms. The molecule has 190 valence electrons. The standard InChI is InChI=1S/C23H30N2O2.C8H8O/c1-4-23(24(2)3,18-19-8-6-5-7-9-19)22(26)20-10-12-21(13-11-20)25-14-16-27-17-15-25;1-7(9)8-5-3-2-4-6-8/h5-13H,4,14-18H2,1-3H3;2-6H,1H3. The smallest absolute Gasteiger partial charge is 0.183 e. The van der Waals surface area contributed by atoms with Crippen LogP contribution in [0.4, 0.5) is 5.69 Å². The number of ketones is 2. The molecule has 1 unspecified atom stereocenters. The maximum atomic E-state index is 13.6. The number of likely N-dealkylation sites (N-methyl/N-ethyl adjacent to an activating group) is 1. The molecule has 0 radical (unpaired) electrons. The van der Waals surface area contributed by atoms with Gasteiger partial charge in [0.2, 0.25) is 0 Å². The summed E-state index contributed by atoms with van der Waals surface area (Å²) in [7, 11) is 4.01. The average Bonchev–Trinajstić information content (AvgIpc) is 2.93. The Balaban J connectivity index is 0.000000338. The summed E-state index contributed by atoms with van der Waals surface area (Å²) in [5.41, 5.74) is 3.36. The summed E-state index contributed by atoms with van der Waals surface area (Å²) in [6.07, 6.45) is 1.47. The number of anilines is 1. The molecule has 1 atom stereocenters. The molecule has 4 rings (SSSR count). The molecule has 1 aliphatic heterocycles. The molecule has 5 nitrogen and oxygen atoms in total. The van der Waals surface area contributed by atoms with Crippen molar-refractivity contribution in [2.24, 2.45) is 0 Å². The first kappa shape index (κ1) is 27.3. The van der Waals surface area contributed by atoms with Gasteiger partial charge in [0.15, 0.2) is 11.6 Å². The quantitative estimate of drug-likeness (QED) is 0.391. The van der Waals surface area contributed by atoms with Gasteiger partial charge in [-0.2, -0.15) is 0 Å². The molecular weight excluding hydrogens is 448 g/mol. The van der Waals surface area contributed by atoms with E-state index in [4.69, 9.17) is 4.74 Å². The lowest BCUT2D eigenvalue weighted by Gasteiger charge is -2.38. The molecule has 0 aromatic heterocycles. The fourth-order valence-electron chi connectivity index (χ4n) is 4.56. The normalized spacial score (nSPS) is 15.0. The lowest BCUT2D eigenvalue weighted by Crippen LogP contribution is -2.52. The van der Waals surface area contributed by atoms with Crippen LogP contribution >= 0.6 is 0 Å². The monoisotopic (exact) mass is 486 g/mol. The SMILES string of the molecule is CC(=O)c1ccccc1.CCC(Cc1ccccc1)(C(=O)c1ccc(N2CCOCC2)cc1)N(C)C. The van der Waals surface area contributed by atoms with Gasteiger partial charge in [-0.25, -0.2) is 0 Å². The van der Waals surface area contributed by atoms with Crippen molar-refractivity contribution in [1.29, 1.82) is 0 Å². The van der Waals surface area contributed by atoms with Gasteiger partial charge < -0.3 is 9.64 Å². The second-order valence-electron chi connectivity index (χ2n) is 9.34. The van der Waals surface area contributed by atoms with Crippen molar-refractivity contribution in [3.8, 4) is 0 Å². The highest BCUT2D eigenvalue weighted by atomic mass is 16.5. The van der Waals surface area contributed by atoms with Crippen molar-refractivity contribution in [2.75, 3.05) is 45.3 Å². The molecule has 0 amide bonds. The Morgan fingerprint density at radius 1 is 0.833 bits per heavy atom. The maximum Gasteiger partial charge on any atom is 0.183 e. The van der Waals surface area contributed by atoms with E-state index in [1.54, 1.807) is 6.92 Å². The third-order valence-electron chi connectivity index (χ3n) is 6.89. The largest absolute Gasteiger partial charge is 0.378 e. The number of ether oxygens (including phenoxy) is 1. The van der Waals surface area contributed by atoms with Gasteiger partial charge in [-0.15, -0.1) is 0 Å². The fraction of sp³-hybridized carbons (Fsp3) is 0.355. The molecule has 5 heteroatoms. The van der Waals surface area contributed by atoms with E-state index < -0.39 is 5.54 Å². The molecule has 1 aliphatic rings. The Morgan fingerprint density at radius 2 is 1.39 bits per heavy atom. The summed E-state index contributed by atoms with van der Waals surface area (Å²) in [6, 6.07) is 27.6. The van der Waals surface area contributed by atoms with Gasteiger partial charge in [0.05, 0.1) is 18.8 Å². The van der Waals surface area contributed by atoms with E-state index in [1.165, 1.54) is 5.56 Å². The zero-order valence-electron chi connectivity index (χ0n) is 21.9. The molecule has 0 N–H and O–H groups in total. The predicted molar refractivity (Wildman–Crippen MR) is 147 cm³/mol. The highest BCUT2D eigenvalue weighted by molar-refractivity contribution is 6.03. The zero-order chi connectivity index (χ0) is 26.0. The molecule has 3 aromatic rings. The van der Waals surface area contributed by atoms with E-state index >= 15 is 0 Å². The van der Waals surface area contributed by atoms with Crippen molar-refractivity contribution in [1.82, 2.24) is 4.90 Å². The predicted octanol–water partition coefficient (Wildman–Crippen LogP) is 5.55. The first-order valence-corrected chi connectivity index (χ1v) is 12.6. The summed E-state index contributed by atoms with van der Waals surface area (Å²) in [5.74, 6) is 0.308. The third-order valence-corrected chi connectivity index (χ3v) is 6.89. The Kier molecular flexibility index (Phi) is 9.97. The molecule has 1 saturated heterocycles. The van der Waals surface area contributed by atoms with Crippen molar-refractivity contribution in [2.45, 2.75) is 32.2 Å². The lowest BCUT2D eigenvalue weighted by molar-refractivity contribution is 0.0666. The molecule has 36 heavy (non-hydrogen) atoms. The number of carbonyl (C=O) groups excluding carboxylic acids is 2. The highest BCUT2D eigenvalue weighted by Gasteiger charge is 2.39. The Labute approximate surface area is 215 Å². The molecule has 3 aromatic carbocycles. The van der Waals surface area contributed by atoms with Gasteiger partial charge in [-0.3, -0.25) is 14.5 Å². The van der Waals surface area contributed by atoms with Gasteiger partial charge in [0.25, 0.3) is 0 Å². The van der Waals surface area contributed by atoms with Crippen molar-refractivity contribution in [3.05, 3.63) is 102 Å². The van der Waals surface area contributed by atoms with Crippen LogP contribution in [0.15, 0.2) is 84.9 Å². The Morgan fingerprint density at radius 3 is 1.86 bits per heavy atom. The highest BCUT2D eigenvalue weighted by Crippen LogP contribution is 2.28. The first-order chi connectivity index (χ1) is 17.4. The topological polar surface area (TPSA) is 49.9 Å². The molecule has 0 saturated carbocycles. The molecule has 0 bridgehead atoms. The molecule has 1 heterocycles. The molecular formula is C31H38N2O3. The fourth-order valence-corrected chi connectivity index (χ4v) is 4.56. The number of nitrogens with zero attached hydrogens (tertiary/aromatic N) is 2. The van der Waals surface area contributed by atoms with Crippen molar-refractivity contribution < 1.29 is 14.3 Å². The van der Waals surface area contributed by atoms with Crippen LogP contribution in [0.3, 0.4) is 0 Å². The Bertz CT molecular complexity index is 1090. The maximum absolute atomic E-state index is 13.6. The number of carbonyl (C=O) groups is 2. The summed E-state index contributed by atoms with van der Waals surface area (Å²) in [5, 5.41) is 0. The van der Waals surface area contributed by atoms with Crippen LogP contribution in [0.1, 0.15) is 46.5 Å². The van der Waals surface area contributed by atoms with Crippen molar-refractivity contribution >= 4 is 17.3 Å². The summed E-state index contributed by atoms with van der Waals surface area (Å²) >= 11 is 0. The number of hydrogen-bond donors (Lipinski definition) is 0. The second kappa shape index (κ2) is 13.1. The van der Waals surface area contributed by atoms with Crippen LogP contribution in [0.25, 0.3) is 0 Å². The van der Waals surface area contributed by atoms with Crippen LogP contribution in [0.5, 0.6) is 0 Å². The minimum Gasteiger partial charge on any atom is -0.378 e. The van der Waals surface area contributed by atoms with E-state index in [9.17, 15) is 9.59 Å². The van der Waals surface area contributed by atoms with Gasteiger partial charge in [0, 0.05) is 29.9 Å². The van der Waals surface area contributed by atoms with Crippen molar-refractivity contribution in [3.63, 3.8) is 0 Å². The lowest BCUT2D eigenvalue weighted by atomic mass is 9.80. The first-order valence-electron chi connectivity index (χ1n) is 12.6. The van der Waals surface area contributed by atoms with E-state index in [-0.39, 0.29) is 11.6 Å². The zero-order valence-corrected chi connectivity index (χ0v) is 21.9. The number of benzene rings is 3. The minimum atomic E-state index is -0.540. The van der Waals surface area contributed by atoms with E-state index in [0.717, 1.165) is 49.5 Å². The summed E-state index contributed by atoms with van der Waals surface area (Å²) in [6.45, 7) is 6.99. The van der Waals surface area contributed by atoms with E-state index in [2.05, 4.69) is 41.0 Å². The van der Waals surface area contributed by atoms with Crippen LogP contribution in [-0.2, 0) is 11.2 Å². The Hall–Kier alpha value is -3.28. The number of hydrogen-bond acceptors (Lipinski definition) is 5. The van der Waals surface area contributed by atoms with Gasteiger partial charge >= 0.3 is 0 Å². The van der Waals surface area contributed by atoms with Gasteiger partial charge in [-0.1, -0.05) is 67.6 Å². The van der Waals surface area contributed by atoms with Gasteiger partial charge in [0.1, 0.15) is 0 Å². The third kappa shape index (κ3) is 6.90.